The quantitative estimate of drug-likeness (QED) is 0.769. The molecule has 0 aliphatic carbocycles. The SMILES string of the molecule is Cc1c(C(=O)NCc2cn[nH]c2)sc2ccccc12. The number of carbonyl (C=O) groups excluding carboxylic acids is 1. The summed E-state index contributed by atoms with van der Waals surface area (Å²) in [4.78, 5) is 13.0. The minimum Gasteiger partial charge on any atom is -0.347 e. The highest BCUT2D eigenvalue weighted by Crippen LogP contribution is 2.30. The molecule has 4 nitrogen and oxygen atoms in total. The number of amides is 1. The van der Waals surface area contributed by atoms with Crippen LogP contribution in [-0.4, -0.2) is 16.1 Å². The first kappa shape index (κ1) is 11.9. The molecule has 0 spiro atoms. The van der Waals surface area contributed by atoms with Gasteiger partial charge in [0.25, 0.3) is 5.91 Å². The number of benzene rings is 1. The lowest BCUT2D eigenvalue weighted by molar-refractivity contribution is 0.0954. The number of nitrogens with one attached hydrogen (secondary N) is 2. The van der Waals surface area contributed by atoms with E-state index in [0.717, 1.165) is 26.1 Å². The Morgan fingerprint density at radius 3 is 3.00 bits per heavy atom. The lowest BCUT2D eigenvalue weighted by Crippen LogP contribution is -2.22. The largest absolute Gasteiger partial charge is 0.347 e. The van der Waals surface area contributed by atoms with Crippen molar-refractivity contribution in [1.82, 2.24) is 15.5 Å². The lowest BCUT2D eigenvalue weighted by Gasteiger charge is -2.02. The van der Waals surface area contributed by atoms with Crippen LogP contribution >= 0.6 is 11.3 Å². The Balaban J connectivity index is 1.83. The number of H-pyrrole nitrogens is 1. The van der Waals surface area contributed by atoms with Crippen LogP contribution in [0.4, 0.5) is 0 Å². The van der Waals surface area contributed by atoms with Gasteiger partial charge in [-0.25, -0.2) is 0 Å². The van der Waals surface area contributed by atoms with Crippen molar-refractivity contribution in [3.8, 4) is 0 Å². The summed E-state index contributed by atoms with van der Waals surface area (Å²) in [5.74, 6) is -0.0279. The molecule has 3 rings (SSSR count). The third kappa shape index (κ3) is 2.24. The van der Waals surface area contributed by atoms with Crippen molar-refractivity contribution >= 4 is 27.3 Å². The molecule has 1 aromatic carbocycles. The Kier molecular flexibility index (Phi) is 3.05. The normalized spacial score (nSPS) is 10.8. The first-order valence-electron chi connectivity index (χ1n) is 5.99. The van der Waals surface area contributed by atoms with Crippen molar-refractivity contribution in [3.63, 3.8) is 0 Å². The van der Waals surface area contributed by atoms with Crippen molar-refractivity contribution in [2.75, 3.05) is 0 Å². The van der Waals surface area contributed by atoms with Crippen molar-refractivity contribution < 1.29 is 4.79 Å². The zero-order chi connectivity index (χ0) is 13.2. The average Bonchev–Trinajstić information content (AvgIpc) is 3.05. The van der Waals surface area contributed by atoms with Gasteiger partial charge in [0.1, 0.15) is 0 Å². The third-order valence-electron chi connectivity index (χ3n) is 3.06. The topological polar surface area (TPSA) is 57.8 Å². The number of carbonyl (C=O) groups is 1. The van der Waals surface area contributed by atoms with E-state index in [9.17, 15) is 4.79 Å². The first-order valence-corrected chi connectivity index (χ1v) is 6.81. The van der Waals surface area contributed by atoms with Crippen LogP contribution in [0.3, 0.4) is 0 Å². The predicted octanol–water partition coefficient (Wildman–Crippen LogP) is 2.86. The maximum absolute atomic E-state index is 12.2. The number of fused-ring (bicyclic) bond motifs is 1. The molecular formula is C14H13N3OS. The number of thiophene rings is 1. The van der Waals surface area contributed by atoms with Crippen molar-refractivity contribution in [3.05, 3.63) is 52.7 Å². The number of aromatic amines is 1. The van der Waals surface area contributed by atoms with Crippen molar-refractivity contribution in [2.45, 2.75) is 13.5 Å². The predicted molar refractivity (Wildman–Crippen MR) is 76.3 cm³/mol. The van der Waals surface area contributed by atoms with E-state index in [1.807, 2.05) is 31.2 Å². The fraction of sp³-hybridized carbons (Fsp3) is 0.143. The van der Waals surface area contributed by atoms with Crippen LogP contribution in [-0.2, 0) is 6.54 Å². The molecule has 3 aromatic rings. The summed E-state index contributed by atoms with van der Waals surface area (Å²) in [6.07, 6.45) is 3.48. The summed E-state index contributed by atoms with van der Waals surface area (Å²) >= 11 is 1.53. The second-order valence-electron chi connectivity index (χ2n) is 4.34. The Morgan fingerprint density at radius 1 is 1.42 bits per heavy atom. The fourth-order valence-electron chi connectivity index (χ4n) is 2.03. The first-order chi connectivity index (χ1) is 9.25. The third-order valence-corrected chi connectivity index (χ3v) is 4.33. The zero-order valence-electron chi connectivity index (χ0n) is 10.4. The van der Waals surface area contributed by atoms with Gasteiger partial charge in [0.05, 0.1) is 11.1 Å². The lowest BCUT2D eigenvalue weighted by atomic mass is 10.1. The number of aromatic nitrogens is 2. The van der Waals surface area contributed by atoms with E-state index in [2.05, 4.69) is 15.5 Å². The van der Waals surface area contributed by atoms with Gasteiger partial charge in [-0.2, -0.15) is 5.10 Å². The second kappa shape index (κ2) is 4.85. The van der Waals surface area contributed by atoms with Crippen LogP contribution in [0.15, 0.2) is 36.7 Å². The van der Waals surface area contributed by atoms with Gasteiger partial charge >= 0.3 is 0 Å². The molecule has 96 valence electrons. The molecule has 0 saturated heterocycles. The number of nitrogens with zero attached hydrogens (tertiary/aromatic N) is 1. The summed E-state index contributed by atoms with van der Waals surface area (Å²) in [7, 11) is 0. The van der Waals surface area contributed by atoms with Gasteiger partial charge in [-0.1, -0.05) is 18.2 Å². The molecule has 0 aliphatic heterocycles. The van der Waals surface area contributed by atoms with Gasteiger partial charge in [0.15, 0.2) is 0 Å². The number of hydrogen-bond acceptors (Lipinski definition) is 3. The van der Waals surface area contributed by atoms with Crippen LogP contribution in [0.2, 0.25) is 0 Å². The van der Waals surface area contributed by atoms with Gasteiger partial charge in [-0.15, -0.1) is 11.3 Å². The van der Waals surface area contributed by atoms with E-state index < -0.39 is 0 Å². The number of hydrogen-bond donors (Lipinski definition) is 2. The summed E-state index contributed by atoms with van der Waals surface area (Å²) in [6.45, 7) is 2.48. The minimum absolute atomic E-state index is 0.0279. The smallest absolute Gasteiger partial charge is 0.261 e. The highest BCUT2D eigenvalue weighted by molar-refractivity contribution is 7.21. The fourth-order valence-corrected chi connectivity index (χ4v) is 3.15. The monoisotopic (exact) mass is 271 g/mol. The van der Waals surface area contributed by atoms with Crippen LogP contribution in [0.25, 0.3) is 10.1 Å². The van der Waals surface area contributed by atoms with E-state index >= 15 is 0 Å². The molecule has 0 atom stereocenters. The van der Waals surface area contributed by atoms with Crippen LogP contribution in [0.1, 0.15) is 20.8 Å². The molecule has 0 unspecified atom stereocenters. The summed E-state index contributed by atoms with van der Waals surface area (Å²) in [6, 6.07) is 8.08. The molecular weight excluding hydrogens is 258 g/mol. The highest BCUT2D eigenvalue weighted by atomic mass is 32.1. The molecule has 19 heavy (non-hydrogen) atoms. The van der Waals surface area contributed by atoms with E-state index in [1.54, 1.807) is 12.4 Å². The molecule has 0 fully saturated rings. The van der Waals surface area contributed by atoms with E-state index in [1.165, 1.54) is 11.3 Å². The highest BCUT2D eigenvalue weighted by Gasteiger charge is 2.14. The molecule has 2 aromatic heterocycles. The Hall–Kier alpha value is -2.14. The molecule has 1 amide bonds. The maximum atomic E-state index is 12.2. The maximum Gasteiger partial charge on any atom is 0.261 e. The molecule has 0 aliphatic rings. The van der Waals surface area contributed by atoms with Crippen molar-refractivity contribution in [1.29, 1.82) is 0 Å². The van der Waals surface area contributed by atoms with Crippen molar-refractivity contribution in [2.24, 2.45) is 0 Å². The molecule has 0 radical (unpaired) electrons. The molecule has 2 N–H and O–H groups in total. The Labute approximate surface area is 114 Å². The molecule has 5 heteroatoms. The van der Waals surface area contributed by atoms with E-state index in [0.29, 0.717) is 6.54 Å². The average molecular weight is 271 g/mol. The van der Waals surface area contributed by atoms with E-state index in [4.69, 9.17) is 0 Å². The summed E-state index contributed by atoms with van der Waals surface area (Å²) in [5, 5.41) is 10.6. The summed E-state index contributed by atoms with van der Waals surface area (Å²) in [5.41, 5.74) is 2.01. The zero-order valence-corrected chi connectivity index (χ0v) is 11.3. The number of rotatable bonds is 3. The Morgan fingerprint density at radius 2 is 2.26 bits per heavy atom. The molecule has 0 saturated carbocycles. The van der Waals surface area contributed by atoms with Gasteiger partial charge in [-0.3, -0.25) is 9.89 Å². The Bertz CT molecular complexity index is 715. The number of aryl methyl sites for hydroxylation is 1. The van der Waals surface area contributed by atoms with Gasteiger partial charge < -0.3 is 5.32 Å². The van der Waals surface area contributed by atoms with Crippen LogP contribution in [0, 0.1) is 6.92 Å². The van der Waals surface area contributed by atoms with Gasteiger partial charge in [0, 0.05) is 23.0 Å². The molecule has 0 bridgehead atoms. The minimum atomic E-state index is -0.0279. The van der Waals surface area contributed by atoms with Crippen LogP contribution < -0.4 is 5.32 Å². The van der Waals surface area contributed by atoms with Gasteiger partial charge in [0.2, 0.25) is 0 Å². The summed E-state index contributed by atoms with van der Waals surface area (Å²) < 4.78 is 1.15. The van der Waals surface area contributed by atoms with Gasteiger partial charge in [-0.05, 0) is 23.9 Å². The second-order valence-corrected chi connectivity index (χ2v) is 5.39. The van der Waals surface area contributed by atoms with E-state index in [-0.39, 0.29) is 5.91 Å². The molecule has 2 heterocycles. The van der Waals surface area contributed by atoms with Crippen LogP contribution in [0.5, 0.6) is 0 Å². The standard InChI is InChI=1S/C14H13N3OS/c1-9-11-4-2-3-5-12(11)19-13(9)14(18)15-6-10-7-16-17-8-10/h2-5,7-8H,6H2,1H3,(H,15,18)(H,16,17).